The zero-order valence-corrected chi connectivity index (χ0v) is 27.2. The second kappa shape index (κ2) is 12.8. The molecule has 15 heteroatoms. The summed E-state index contributed by atoms with van der Waals surface area (Å²) in [5.74, 6) is -2.47. The average molecular weight is 662 g/mol. The van der Waals surface area contributed by atoms with E-state index in [1.54, 1.807) is 0 Å². The van der Waals surface area contributed by atoms with Gasteiger partial charge in [-0.1, -0.05) is 31.9 Å². The number of sulfonamides is 1. The molecule has 46 heavy (non-hydrogen) atoms. The fourth-order valence-corrected chi connectivity index (χ4v) is 7.55. The summed E-state index contributed by atoms with van der Waals surface area (Å²) in [4.78, 5) is 79.2. The quantitative estimate of drug-likeness (QED) is 0.157. The Labute approximate surface area is 267 Å². The normalized spacial score (nSPS) is 29.8. The molecule has 2 aliphatic heterocycles. The van der Waals surface area contributed by atoms with Gasteiger partial charge in [0.15, 0.2) is 0 Å². The smallest absolute Gasteiger partial charge is 0.293 e. The van der Waals surface area contributed by atoms with Gasteiger partial charge in [0, 0.05) is 17.9 Å². The molecule has 3 amide bonds. The molecule has 1 saturated heterocycles. The van der Waals surface area contributed by atoms with Crippen LogP contribution in [0.5, 0.6) is 0 Å². The van der Waals surface area contributed by atoms with E-state index in [0.717, 1.165) is 12.8 Å². The van der Waals surface area contributed by atoms with Crippen LogP contribution in [0.1, 0.15) is 85.0 Å². The number of allylic oxidation sites excluding steroid dienone is 1. The highest BCUT2D eigenvalue weighted by Crippen LogP contribution is 2.46. The predicted octanol–water partition coefficient (Wildman–Crippen LogP) is 0.810. The van der Waals surface area contributed by atoms with E-state index in [2.05, 4.69) is 20.7 Å². The molecule has 5 atom stereocenters. The van der Waals surface area contributed by atoms with E-state index >= 15 is 0 Å². The van der Waals surface area contributed by atoms with E-state index < -0.39 is 79.0 Å². The first-order valence-electron chi connectivity index (χ1n) is 16.1. The molecule has 2 saturated carbocycles. The van der Waals surface area contributed by atoms with Gasteiger partial charge in [0.1, 0.15) is 35.1 Å². The number of hydrogen-bond acceptors (Lipinski definition) is 11. The largest absolute Gasteiger partial charge is 0.463 e. The summed E-state index contributed by atoms with van der Waals surface area (Å²) in [7, 11) is -3.88. The van der Waals surface area contributed by atoms with Crippen molar-refractivity contribution in [2.24, 2.45) is 5.92 Å². The van der Waals surface area contributed by atoms with Gasteiger partial charge >= 0.3 is 0 Å². The molecule has 1 aromatic carbocycles. The van der Waals surface area contributed by atoms with Gasteiger partial charge in [-0.15, -0.1) is 0 Å². The van der Waals surface area contributed by atoms with Crippen molar-refractivity contribution < 1.29 is 32.3 Å². The highest BCUT2D eigenvalue weighted by Gasteiger charge is 2.62. The molecule has 2 heterocycles. The van der Waals surface area contributed by atoms with E-state index in [1.165, 1.54) is 4.90 Å². The minimum absolute atomic E-state index is 0.0138. The lowest BCUT2D eigenvalue weighted by Crippen LogP contribution is -2.57. The van der Waals surface area contributed by atoms with Crippen LogP contribution in [0.2, 0.25) is 0 Å². The number of fused-ring (bicyclic) bond motifs is 2. The van der Waals surface area contributed by atoms with Crippen molar-refractivity contribution in [1.82, 2.24) is 14.9 Å². The fourth-order valence-electron chi connectivity index (χ4n) is 6.19. The summed E-state index contributed by atoms with van der Waals surface area (Å²) in [5.41, 5.74) is -3.30. The van der Waals surface area contributed by atoms with Crippen molar-refractivity contribution in [3.8, 4) is 0 Å². The Morgan fingerprint density at radius 1 is 1.11 bits per heavy atom. The summed E-state index contributed by atoms with van der Waals surface area (Å²) < 4.78 is 32.5. The van der Waals surface area contributed by atoms with Crippen LogP contribution in [0.4, 0.5) is 11.4 Å². The molecule has 252 valence electrons. The van der Waals surface area contributed by atoms with Crippen molar-refractivity contribution in [3.63, 3.8) is 0 Å². The van der Waals surface area contributed by atoms with Gasteiger partial charge in [-0.2, -0.15) is 0 Å². The first-order chi connectivity index (χ1) is 21.7. The Morgan fingerprint density at radius 2 is 1.83 bits per heavy atom. The molecule has 4 N–H and O–H groups in total. The summed E-state index contributed by atoms with van der Waals surface area (Å²) in [6, 6.07) is -2.12. The highest BCUT2D eigenvalue weighted by atomic mass is 32.2. The third-order valence-electron chi connectivity index (χ3n) is 9.67. The Balaban J connectivity index is 1.43. The summed E-state index contributed by atoms with van der Waals surface area (Å²) in [5, 5.41) is 8.23. The van der Waals surface area contributed by atoms with Crippen LogP contribution in [0.25, 0.3) is 0 Å². The standard InChI is InChI=1S/C31H43N5O9S/c1-4-30(2,3)33-24-23(25(38)26(24)39)32-21-11-9-7-5-6-8-10-18-15-31(18,29(42)35-46(43,44)20-12-13-20)34-27(40)22-14-19(45-17-37)16-36(22)28(21)41/h8,10,17-22,32-33H,4-7,9,11-16H2,1-3H3,(H,34,40)(H,35,42)/b10-8-/t18-,19-,21+,22+,31-/m1/s1. The van der Waals surface area contributed by atoms with E-state index in [0.29, 0.717) is 38.5 Å². The lowest BCUT2D eigenvalue weighted by atomic mass is 9.99. The molecule has 4 aliphatic rings. The van der Waals surface area contributed by atoms with Gasteiger partial charge in [0.25, 0.3) is 23.2 Å². The second-order valence-corrected chi connectivity index (χ2v) is 15.5. The summed E-state index contributed by atoms with van der Waals surface area (Å²) in [6.07, 6.45) is 7.74. The van der Waals surface area contributed by atoms with E-state index in [4.69, 9.17) is 4.74 Å². The predicted molar refractivity (Wildman–Crippen MR) is 169 cm³/mol. The van der Waals surface area contributed by atoms with Crippen LogP contribution < -0.4 is 31.5 Å². The van der Waals surface area contributed by atoms with Crippen molar-refractivity contribution in [2.75, 3.05) is 17.2 Å². The lowest BCUT2D eigenvalue weighted by Gasteiger charge is -2.32. The maximum absolute atomic E-state index is 14.2. The Bertz CT molecular complexity index is 1590. The molecular weight excluding hydrogens is 618 g/mol. The molecular formula is C31H43N5O9S. The highest BCUT2D eigenvalue weighted by molar-refractivity contribution is 7.91. The molecule has 0 aromatic heterocycles. The number of ether oxygens (including phenoxy) is 1. The molecule has 0 radical (unpaired) electrons. The van der Waals surface area contributed by atoms with Crippen molar-refractivity contribution in [2.45, 2.75) is 119 Å². The van der Waals surface area contributed by atoms with Gasteiger partial charge in [0.05, 0.1) is 11.8 Å². The van der Waals surface area contributed by atoms with Crippen molar-refractivity contribution >= 4 is 45.6 Å². The minimum Gasteiger partial charge on any atom is -0.463 e. The molecule has 3 fully saturated rings. The molecule has 0 spiro atoms. The van der Waals surface area contributed by atoms with Gasteiger partial charge in [0.2, 0.25) is 21.8 Å². The number of rotatable bonds is 10. The zero-order valence-electron chi connectivity index (χ0n) is 26.4. The Kier molecular flexibility index (Phi) is 9.35. The zero-order chi connectivity index (χ0) is 33.4. The van der Waals surface area contributed by atoms with Crippen LogP contribution in [0.15, 0.2) is 21.7 Å². The number of nitrogens with zero attached hydrogens (tertiary/aromatic N) is 1. The van der Waals surface area contributed by atoms with Crippen molar-refractivity contribution in [3.05, 3.63) is 32.6 Å². The SMILES string of the molecule is CCC(C)(C)Nc1c(N[C@H]2CCCCC/C=C\[C@@H]3C[C@@]3(C(=O)NS(=O)(=O)C3CC3)NC(=O)[C@@H]3C[C@@H](OC=O)CN3C2=O)c(=O)c1=O. The molecule has 5 rings (SSSR count). The molecule has 0 bridgehead atoms. The van der Waals surface area contributed by atoms with Crippen molar-refractivity contribution in [1.29, 1.82) is 0 Å². The van der Waals surface area contributed by atoms with Crippen LogP contribution in [0.3, 0.4) is 0 Å². The summed E-state index contributed by atoms with van der Waals surface area (Å²) >= 11 is 0. The third kappa shape index (κ3) is 6.83. The van der Waals surface area contributed by atoms with E-state index in [1.807, 2.05) is 32.9 Å². The Morgan fingerprint density at radius 3 is 2.50 bits per heavy atom. The van der Waals surface area contributed by atoms with Gasteiger partial charge in [-0.25, -0.2) is 8.42 Å². The van der Waals surface area contributed by atoms with Gasteiger partial charge < -0.3 is 25.6 Å². The summed E-state index contributed by atoms with van der Waals surface area (Å²) in [6.45, 7) is 5.84. The third-order valence-corrected chi connectivity index (χ3v) is 11.5. The maximum atomic E-state index is 14.2. The molecule has 14 nitrogen and oxygen atoms in total. The maximum Gasteiger partial charge on any atom is 0.293 e. The minimum atomic E-state index is -3.88. The van der Waals surface area contributed by atoms with Gasteiger partial charge in [-0.3, -0.25) is 33.5 Å². The lowest BCUT2D eigenvalue weighted by molar-refractivity contribution is -0.140. The van der Waals surface area contributed by atoms with Crippen LogP contribution in [-0.4, -0.2) is 78.6 Å². The first-order valence-corrected chi connectivity index (χ1v) is 17.6. The molecule has 2 aliphatic carbocycles. The monoisotopic (exact) mass is 661 g/mol. The second-order valence-electron chi connectivity index (χ2n) is 13.6. The fraction of sp³-hybridized carbons (Fsp3) is 0.677. The number of anilines is 2. The van der Waals surface area contributed by atoms with E-state index in [-0.39, 0.29) is 37.2 Å². The van der Waals surface area contributed by atoms with Crippen LogP contribution >= 0.6 is 0 Å². The number of hydrogen-bond donors (Lipinski definition) is 4. The number of amides is 3. The van der Waals surface area contributed by atoms with Crippen LogP contribution in [-0.2, 0) is 33.9 Å². The first kappa shape index (κ1) is 33.6. The molecule has 0 unspecified atom stereocenters. The van der Waals surface area contributed by atoms with E-state index in [9.17, 15) is 37.2 Å². The topological polar surface area (TPSA) is 197 Å². The Hall–Kier alpha value is -3.75. The number of carbonyl (C=O) groups is 4. The number of carbonyl (C=O) groups excluding carboxylic acids is 4. The van der Waals surface area contributed by atoms with Crippen LogP contribution in [0, 0.1) is 5.92 Å². The number of nitrogens with one attached hydrogen (secondary N) is 4. The average Bonchev–Trinajstić information content (AvgIpc) is 3.93. The molecule has 1 aromatic rings. The van der Waals surface area contributed by atoms with Gasteiger partial charge in [-0.05, 0) is 58.8 Å².